The van der Waals surface area contributed by atoms with E-state index in [0.717, 1.165) is 31.6 Å². The second-order valence-corrected chi connectivity index (χ2v) is 6.94. The molecule has 2 aromatic carbocycles. The Morgan fingerprint density at radius 3 is 2.08 bits per heavy atom. The second kappa shape index (κ2) is 7.61. The summed E-state index contributed by atoms with van der Waals surface area (Å²) in [6.45, 7) is 1.82. The normalized spacial score (nSPS) is 15.2. The molecule has 4 rings (SSSR count). The topological polar surface area (TPSA) is 25.2 Å². The van der Waals surface area contributed by atoms with Gasteiger partial charge in [0, 0.05) is 43.5 Å². The third-order valence-electron chi connectivity index (χ3n) is 5.24. The third-order valence-corrected chi connectivity index (χ3v) is 5.24. The van der Waals surface area contributed by atoms with Crippen molar-refractivity contribution >= 4 is 5.91 Å². The zero-order chi connectivity index (χ0) is 17.8. The molecule has 1 aliphatic heterocycles. The molecular weight excluding hydrogens is 320 g/mol. The molecule has 1 aromatic heterocycles. The molecule has 0 saturated carbocycles. The number of benzene rings is 2. The lowest BCUT2D eigenvalue weighted by Crippen LogP contribution is -2.29. The molecule has 1 aliphatic rings. The highest BCUT2D eigenvalue weighted by atomic mass is 16.2. The van der Waals surface area contributed by atoms with E-state index in [0.29, 0.717) is 6.42 Å². The highest BCUT2D eigenvalue weighted by molar-refractivity contribution is 5.78. The lowest BCUT2D eigenvalue weighted by Gasteiger charge is -2.22. The molecule has 0 N–H and O–H groups in total. The van der Waals surface area contributed by atoms with Crippen LogP contribution in [0.25, 0.3) is 5.69 Å². The maximum Gasteiger partial charge on any atom is 0.223 e. The van der Waals surface area contributed by atoms with Crippen LogP contribution < -0.4 is 0 Å². The average Bonchev–Trinajstić information content (AvgIpc) is 3.41. The van der Waals surface area contributed by atoms with Gasteiger partial charge < -0.3 is 9.47 Å². The van der Waals surface area contributed by atoms with Crippen molar-refractivity contribution in [3.8, 4) is 5.69 Å². The van der Waals surface area contributed by atoms with Crippen molar-refractivity contribution in [2.75, 3.05) is 13.1 Å². The maximum absolute atomic E-state index is 12.8. The quantitative estimate of drug-likeness (QED) is 0.663. The van der Waals surface area contributed by atoms with Crippen molar-refractivity contribution in [1.82, 2.24) is 9.47 Å². The number of hydrogen-bond acceptors (Lipinski definition) is 1. The van der Waals surface area contributed by atoms with Crippen molar-refractivity contribution in [2.45, 2.75) is 25.2 Å². The summed E-state index contributed by atoms with van der Waals surface area (Å²) in [4.78, 5) is 14.8. The minimum absolute atomic E-state index is 0.100. The van der Waals surface area contributed by atoms with Crippen LogP contribution in [-0.2, 0) is 4.79 Å². The van der Waals surface area contributed by atoms with Crippen molar-refractivity contribution in [1.29, 1.82) is 0 Å². The molecule has 132 valence electrons. The molecule has 1 fully saturated rings. The Morgan fingerprint density at radius 1 is 0.808 bits per heavy atom. The van der Waals surface area contributed by atoms with Crippen molar-refractivity contribution in [3.63, 3.8) is 0 Å². The number of carbonyl (C=O) groups excluding carboxylic acids is 1. The van der Waals surface area contributed by atoms with Gasteiger partial charge >= 0.3 is 0 Å². The summed E-state index contributed by atoms with van der Waals surface area (Å²) >= 11 is 0. The fourth-order valence-electron chi connectivity index (χ4n) is 3.77. The minimum atomic E-state index is 0.100. The highest BCUT2D eigenvalue weighted by Gasteiger charge is 2.23. The average molecular weight is 344 g/mol. The van der Waals surface area contributed by atoms with Crippen molar-refractivity contribution in [3.05, 3.63) is 90.3 Å². The standard InChI is InChI=1S/C23H24N2O/c26-23(25-16-6-7-17-25)18-22(19-8-2-1-3-9-19)20-10-12-21(13-11-20)24-14-4-5-15-24/h1-5,8-15,22H,6-7,16-18H2. The van der Waals surface area contributed by atoms with Crippen LogP contribution in [-0.4, -0.2) is 28.5 Å². The summed E-state index contributed by atoms with van der Waals surface area (Å²) < 4.78 is 2.09. The lowest BCUT2D eigenvalue weighted by atomic mass is 9.88. The van der Waals surface area contributed by atoms with E-state index in [1.807, 2.05) is 35.5 Å². The number of amides is 1. The molecular formula is C23H24N2O. The molecule has 1 saturated heterocycles. The van der Waals surface area contributed by atoms with Gasteiger partial charge in [0.25, 0.3) is 0 Å². The summed E-state index contributed by atoms with van der Waals surface area (Å²) in [5.74, 6) is 0.369. The number of likely N-dealkylation sites (tertiary alicyclic amines) is 1. The predicted molar refractivity (Wildman–Crippen MR) is 104 cm³/mol. The molecule has 1 atom stereocenters. The molecule has 0 aliphatic carbocycles. The monoisotopic (exact) mass is 344 g/mol. The summed E-state index contributed by atoms with van der Waals surface area (Å²) in [5.41, 5.74) is 3.53. The first-order valence-corrected chi connectivity index (χ1v) is 9.37. The van der Waals surface area contributed by atoms with Crippen LogP contribution in [0, 0.1) is 0 Å². The zero-order valence-corrected chi connectivity index (χ0v) is 14.9. The molecule has 0 radical (unpaired) electrons. The van der Waals surface area contributed by atoms with Gasteiger partial charge in [0.05, 0.1) is 0 Å². The van der Waals surface area contributed by atoms with E-state index in [-0.39, 0.29) is 11.8 Å². The van der Waals surface area contributed by atoms with E-state index in [1.165, 1.54) is 11.1 Å². The Bertz CT molecular complexity index is 832. The molecule has 0 spiro atoms. The first-order valence-electron chi connectivity index (χ1n) is 9.37. The van der Waals surface area contributed by atoms with Gasteiger partial charge in [-0.25, -0.2) is 0 Å². The van der Waals surface area contributed by atoms with Gasteiger partial charge in [-0.2, -0.15) is 0 Å². The Hall–Kier alpha value is -2.81. The van der Waals surface area contributed by atoms with Crippen molar-refractivity contribution in [2.24, 2.45) is 0 Å². The van der Waals surface area contributed by atoms with Crippen molar-refractivity contribution < 1.29 is 4.79 Å². The van der Waals surface area contributed by atoms with E-state index in [2.05, 4.69) is 53.1 Å². The summed E-state index contributed by atoms with van der Waals surface area (Å²) in [6, 6.07) is 23.0. The smallest absolute Gasteiger partial charge is 0.223 e. The van der Waals surface area contributed by atoms with E-state index >= 15 is 0 Å². The molecule has 3 nitrogen and oxygen atoms in total. The molecule has 0 bridgehead atoms. The van der Waals surface area contributed by atoms with Crippen LogP contribution in [0.5, 0.6) is 0 Å². The van der Waals surface area contributed by atoms with E-state index in [9.17, 15) is 4.79 Å². The summed E-state index contributed by atoms with van der Waals surface area (Å²) in [5, 5.41) is 0. The predicted octanol–water partition coefficient (Wildman–Crippen LogP) is 4.62. The Morgan fingerprint density at radius 2 is 1.42 bits per heavy atom. The fraction of sp³-hybridized carbons (Fsp3) is 0.261. The van der Waals surface area contributed by atoms with Crippen LogP contribution >= 0.6 is 0 Å². The number of nitrogens with zero attached hydrogens (tertiary/aromatic N) is 2. The van der Waals surface area contributed by atoms with Gasteiger partial charge in [-0.05, 0) is 48.2 Å². The molecule has 2 heterocycles. The molecule has 1 amide bonds. The van der Waals surface area contributed by atoms with Crippen LogP contribution in [0.2, 0.25) is 0 Å². The SMILES string of the molecule is O=C(CC(c1ccccc1)c1ccc(-n2cccc2)cc1)N1CCCC1. The number of carbonyl (C=O) groups is 1. The third kappa shape index (κ3) is 3.57. The van der Waals surface area contributed by atoms with Crippen LogP contribution in [0.15, 0.2) is 79.1 Å². The first-order chi connectivity index (χ1) is 12.8. The highest BCUT2D eigenvalue weighted by Crippen LogP contribution is 2.30. The van der Waals surface area contributed by atoms with Gasteiger partial charge in [0.15, 0.2) is 0 Å². The van der Waals surface area contributed by atoms with Gasteiger partial charge in [0.1, 0.15) is 0 Å². The minimum Gasteiger partial charge on any atom is -0.343 e. The van der Waals surface area contributed by atoms with Gasteiger partial charge in [-0.3, -0.25) is 4.79 Å². The Balaban J connectivity index is 1.61. The van der Waals surface area contributed by atoms with Gasteiger partial charge in [0.2, 0.25) is 5.91 Å². The molecule has 1 unspecified atom stereocenters. The summed E-state index contributed by atoms with van der Waals surface area (Å²) in [7, 11) is 0. The number of rotatable bonds is 5. The van der Waals surface area contributed by atoms with Crippen LogP contribution in [0.3, 0.4) is 0 Å². The Labute approximate surface area is 154 Å². The van der Waals surface area contributed by atoms with Crippen LogP contribution in [0.1, 0.15) is 36.3 Å². The first kappa shape index (κ1) is 16.6. The van der Waals surface area contributed by atoms with E-state index < -0.39 is 0 Å². The Kier molecular flexibility index (Phi) is 4.87. The molecule has 3 heteroatoms. The van der Waals surface area contributed by atoms with E-state index in [4.69, 9.17) is 0 Å². The summed E-state index contributed by atoms with van der Waals surface area (Å²) in [6.07, 6.45) is 6.88. The number of aromatic nitrogens is 1. The largest absolute Gasteiger partial charge is 0.343 e. The van der Waals surface area contributed by atoms with E-state index in [1.54, 1.807) is 0 Å². The molecule has 3 aromatic rings. The zero-order valence-electron chi connectivity index (χ0n) is 14.9. The fourth-order valence-corrected chi connectivity index (χ4v) is 3.77. The maximum atomic E-state index is 12.8. The van der Waals surface area contributed by atoms with Gasteiger partial charge in [-0.1, -0.05) is 42.5 Å². The van der Waals surface area contributed by atoms with Gasteiger partial charge in [-0.15, -0.1) is 0 Å². The number of hydrogen-bond donors (Lipinski definition) is 0. The molecule has 26 heavy (non-hydrogen) atoms. The lowest BCUT2D eigenvalue weighted by molar-refractivity contribution is -0.130. The van der Waals surface area contributed by atoms with Crippen LogP contribution in [0.4, 0.5) is 0 Å². The second-order valence-electron chi connectivity index (χ2n) is 6.94.